The lowest BCUT2D eigenvalue weighted by Crippen LogP contribution is -2.57. The molecule has 0 bridgehead atoms. The molecule has 1 aliphatic heterocycles. The molecule has 1 aliphatic rings. The molecule has 0 unspecified atom stereocenters. The zero-order valence-corrected chi connectivity index (χ0v) is 25.6. The molecule has 4 amide bonds. The Kier molecular flexibility index (Phi) is 8.72. The van der Waals surface area contributed by atoms with Gasteiger partial charge in [-0.25, -0.2) is 14.6 Å². The van der Waals surface area contributed by atoms with Gasteiger partial charge in [-0.15, -0.1) is 0 Å². The van der Waals surface area contributed by atoms with Crippen molar-refractivity contribution in [2.24, 2.45) is 0 Å². The third kappa shape index (κ3) is 5.80. The Balaban J connectivity index is 1.60. The molecule has 7 nitrogen and oxygen atoms in total. The van der Waals surface area contributed by atoms with E-state index >= 15 is 0 Å². The van der Waals surface area contributed by atoms with Gasteiger partial charge in [-0.05, 0) is 96.0 Å². The highest BCUT2D eigenvalue weighted by molar-refractivity contribution is 14.1. The number of hydrogen-bond acceptors (Lipinski definition) is 5. The molecule has 0 aromatic heterocycles. The van der Waals surface area contributed by atoms with Gasteiger partial charge in [-0.2, -0.15) is 0 Å². The second kappa shape index (κ2) is 12.6. The summed E-state index contributed by atoms with van der Waals surface area (Å²) in [5.41, 5.74) is 3.72. The van der Waals surface area contributed by atoms with E-state index in [9.17, 15) is 14.4 Å². The van der Waals surface area contributed by atoms with Gasteiger partial charge in [-0.1, -0.05) is 66.7 Å². The average molecular weight is 673 g/mol. The van der Waals surface area contributed by atoms with E-state index in [0.717, 1.165) is 30.1 Å². The summed E-state index contributed by atoms with van der Waals surface area (Å²) in [4.78, 5) is 43.8. The van der Waals surface area contributed by atoms with Crippen LogP contribution in [0.1, 0.15) is 29.2 Å². The number of nitrogens with zero attached hydrogens (tertiary/aromatic N) is 2. The van der Waals surface area contributed by atoms with Crippen LogP contribution in [0.25, 0.3) is 6.08 Å². The van der Waals surface area contributed by atoms with Gasteiger partial charge in [0, 0.05) is 0 Å². The quantitative estimate of drug-likeness (QED) is 0.110. The molecule has 0 saturated carbocycles. The van der Waals surface area contributed by atoms with E-state index in [2.05, 4.69) is 22.6 Å². The Bertz CT molecular complexity index is 1630. The first-order chi connectivity index (χ1) is 20.3. The van der Waals surface area contributed by atoms with E-state index in [4.69, 9.17) is 9.47 Å². The Morgan fingerprint density at radius 2 is 1.29 bits per heavy atom. The van der Waals surface area contributed by atoms with Crippen LogP contribution in [-0.2, 0) is 16.2 Å². The number of hydrogen-bond donors (Lipinski definition) is 0. The van der Waals surface area contributed by atoms with Crippen LogP contribution in [0.5, 0.6) is 11.5 Å². The monoisotopic (exact) mass is 672 g/mol. The molecule has 1 heterocycles. The first kappa shape index (κ1) is 29.1. The first-order valence-corrected chi connectivity index (χ1v) is 14.6. The van der Waals surface area contributed by atoms with E-state index in [1.165, 1.54) is 6.08 Å². The van der Waals surface area contributed by atoms with Gasteiger partial charge in [0.1, 0.15) is 12.2 Å². The minimum atomic E-state index is -0.722. The van der Waals surface area contributed by atoms with Crippen molar-refractivity contribution in [3.8, 4) is 11.5 Å². The van der Waals surface area contributed by atoms with Crippen molar-refractivity contribution in [2.75, 3.05) is 16.4 Å². The van der Waals surface area contributed by atoms with Gasteiger partial charge < -0.3 is 9.47 Å². The number of halogens is 1. The van der Waals surface area contributed by atoms with Crippen molar-refractivity contribution >= 4 is 57.9 Å². The van der Waals surface area contributed by atoms with E-state index in [-0.39, 0.29) is 5.57 Å². The predicted molar refractivity (Wildman–Crippen MR) is 172 cm³/mol. The predicted octanol–water partition coefficient (Wildman–Crippen LogP) is 7.47. The fourth-order valence-corrected chi connectivity index (χ4v) is 5.53. The van der Waals surface area contributed by atoms with Crippen LogP contribution >= 0.6 is 22.6 Å². The first-order valence-electron chi connectivity index (χ1n) is 13.5. The maximum absolute atomic E-state index is 13.9. The number of barbiturate groups is 1. The number of benzene rings is 4. The molecule has 8 heteroatoms. The highest BCUT2D eigenvalue weighted by Gasteiger charge is 2.44. The summed E-state index contributed by atoms with van der Waals surface area (Å²) in [7, 11) is 0. The van der Waals surface area contributed by atoms with Gasteiger partial charge >= 0.3 is 6.03 Å². The maximum Gasteiger partial charge on any atom is 0.343 e. The number of urea groups is 1. The smallest absolute Gasteiger partial charge is 0.343 e. The molecule has 0 radical (unpaired) electrons. The second-order valence-corrected chi connectivity index (χ2v) is 10.9. The van der Waals surface area contributed by atoms with Gasteiger partial charge in [-0.3, -0.25) is 9.59 Å². The molecule has 1 fully saturated rings. The number of anilines is 2. The molecule has 212 valence electrons. The van der Waals surface area contributed by atoms with Crippen LogP contribution in [0.3, 0.4) is 0 Å². The second-order valence-electron chi connectivity index (χ2n) is 9.73. The third-order valence-corrected chi connectivity index (χ3v) is 7.63. The SMILES string of the molecule is CCOc1cc(C=C2C(=O)N(c3ccccc3C)C(=O)N(c3ccccc3C)C2=O)cc(I)c1OCc1ccccc1. The Hall–Kier alpha value is -4.44. The number of carbonyl (C=O) groups is 3. The minimum Gasteiger partial charge on any atom is -0.490 e. The van der Waals surface area contributed by atoms with Crippen LogP contribution in [-0.4, -0.2) is 24.5 Å². The zero-order valence-electron chi connectivity index (χ0n) is 23.5. The average Bonchev–Trinajstić information content (AvgIpc) is 2.97. The number of ether oxygens (including phenoxy) is 2. The van der Waals surface area contributed by atoms with E-state index < -0.39 is 17.8 Å². The number of imide groups is 2. The fraction of sp³-hybridized carbons (Fsp3) is 0.147. The number of aryl methyl sites for hydroxylation is 2. The fourth-order valence-electron chi connectivity index (χ4n) is 4.75. The van der Waals surface area contributed by atoms with Crippen LogP contribution in [0.4, 0.5) is 16.2 Å². The van der Waals surface area contributed by atoms with E-state index in [1.807, 2.05) is 81.4 Å². The topological polar surface area (TPSA) is 76.2 Å². The largest absolute Gasteiger partial charge is 0.490 e. The lowest BCUT2D eigenvalue weighted by atomic mass is 10.0. The summed E-state index contributed by atoms with van der Waals surface area (Å²) >= 11 is 2.16. The van der Waals surface area contributed by atoms with Crippen molar-refractivity contribution in [1.29, 1.82) is 0 Å². The lowest BCUT2D eigenvalue weighted by Gasteiger charge is -2.35. The molecule has 0 spiro atoms. The van der Waals surface area contributed by atoms with E-state index in [1.54, 1.807) is 30.3 Å². The Morgan fingerprint density at radius 1 is 0.738 bits per heavy atom. The number of para-hydroxylation sites is 2. The van der Waals surface area contributed by atoms with Crippen molar-refractivity contribution in [3.05, 3.63) is 122 Å². The van der Waals surface area contributed by atoms with E-state index in [0.29, 0.717) is 41.7 Å². The summed E-state index contributed by atoms with van der Waals surface area (Å²) < 4.78 is 12.8. The van der Waals surface area contributed by atoms with Gasteiger partial charge in [0.25, 0.3) is 11.8 Å². The molecule has 5 rings (SSSR count). The number of amides is 4. The van der Waals surface area contributed by atoms with Crippen molar-refractivity contribution in [2.45, 2.75) is 27.4 Å². The maximum atomic E-state index is 13.9. The summed E-state index contributed by atoms with van der Waals surface area (Å²) in [6.45, 7) is 6.26. The highest BCUT2D eigenvalue weighted by atomic mass is 127. The summed E-state index contributed by atoms with van der Waals surface area (Å²) in [6, 6.07) is 26.9. The van der Waals surface area contributed by atoms with Crippen LogP contribution in [0.15, 0.2) is 96.6 Å². The molecular formula is C34H29IN2O5. The van der Waals surface area contributed by atoms with Crippen molar-refractivity contribution in [3.63, 3.8) is 0 Å². The normalized spacial score (nSPS) is 13.4. The third-order valence-electron chi connectivity index (χ3n) is 6.83. The summed E-state index contributed by atoms with van der Waals surface area (Å²) in [5.74, 6) is -0.323. The zero-order chi connectivity index (χ0) is 29.8. The molecule has 4 aromatic carbocycles. The highest BCUT2D eigenvalue weighted by Crippen LogP contribution is 2.37. The standard InChI is InChI=1S/C34H29IN2O5/c1-4-41-30-20-25(19-27(35)31(30)42-21-24-14-6-5-7-15-24)18-26-32(38)36(28-16-10-8-12-22(28)2)34(40)37(33(26)39)29-17-11-9-13-23(29)3/h5-20H,4,21H2,1-3H3. The van der Waals surface area contributed by atoms with Crippen LogP contribution < -0.4 is 19.3 Å². The Labute approximate surface area is 258 Å². The molecule has 42 heavy (non-hydrogen) atoms. The van der Waals surface area contributed by atoms with Crippen LogP contribution in [0, 0.1) is 17.4 Å². The molecule has 1 saturated heterocycles. The van der Waals surface area contributed by atoms with Crippen molar-refractivity contribution < 1.29 is 23.9 Å². The van der Waals surface area contributed by atoms with Gasteiger partial charge in [0.05, 0.1) is 21.6 Å². The number of rotatable bonds is 8. The van der Waals surface area contributed by atoms with Crippen LogP contribution in [0.2, 0.25) is 0 Å². The molecule has 0 N–H and O–H groups in total. The molecule has 4 aromatic rings. The molecular weight excluding hydrogens is 643 g/mol. The minimum absolute atomic E-state index is 0.141. The van der Waals surface area contributed by atoms with Gasteiger partial charge in [0.15, 0.2) is 11.5 Å². The van der Waals surface area contributed by atoms with Gasteiger partial charge in [0.2, 0.25) is 0 Å². The summed E-state index contributed by atoms with van der Waals surface area (Å²) in [6.07, 6.45) is 1.51. The molecule has 0 atom stereocenters. The summed E-state index contributed by atoms with van der Waals surface area (Å²) in [5, 5.41) is 0. The lowest BCUT2D eigenvalue weighted by molar-refractivity contribution is -0.121. The Morgan fingerprint density at radius 3 is 1.83 bits per heavy atom. The van der Waals surface area contributed by atoms with Crippen molar-refractivity contribution in [1.82, 2.24) is 0 Å². The number of carbonyl (C=O) groups excluding carboxylic acids is 3. The molecule has 0 aliphatic carbocycles.